The summed E-state index contributed by atoms with van der Waals surface area (Å²) >= 11 is 0. The van der Waals surface area contributed by atoms with Crippen molar-refractivity contribution in [1.29, 1.82) is 0 Å². The van der Waals surface area contributed by atoms with Gasteiger partial charge in [-0.3, -0.25) is 9.59 Å². The molecule has 2 aromatic heterocycles. The molecule has 4 rings (SSSR count). The number of amides is 1. The minimum atomic E-state index is -0.771. The Balaban J connectivity index is 2.03. The van der Waals surface area contributed by atoms with Crippen LogP contribution in [0.3, 0.4) is 0 Å². The Morgan fingerprint density at radius 1 is 1.03 bits per heavy atom. The van der Waals surface area contributed by atoms with Crippen molar-refractivity contribution >= 4 is 22.9 Å². The van der Waals surface area contributed by atoms with E-state index in [1.165, 1.54) is 24.9 Å². The predicted molar refractivity (Wildman–Crippen MR) is 129 cm³/mol. The molecule has 10 heteroatoms. The van der Waals surface area contributed by atoms with Crippen molar-refractivity contribution in [1.82, 2.24) is 19.0 Å². The van der Waals surface area contributed by atoms with Crippen molar-refractivity contribution in [2.75, 3.05) is 27.3 Å². The molecule has 35 heavy (non-hydrogen) atoms. The van der Waals surface area contributed by atoms with Gasteiger partial charge in [0.15, 0.2) is 5.65 Å². The highest BCUT2D eigenvalue weighted by molar-refractivity contribution is 6.02. The molecule has 0 unspecified atom stereocenters. The number of carbonyl (C=O) groups excluding carboxylic acids is 2. The van der Waals surface area contributed by atoms with E-state index in [0.717, 1.165) is 30.3 Å². The highest BCUT2D eigenvalue weighted by Gasteiger charge is 2.26. The zero-order valence-electron chi connectivity index (χ0n) is 20.1. The molecule has 1 amide bonds. The van der Waals surface area contributed by atoms with E-state index in [1.54, 1.807) is 36.1 Å². The van der Waals surface area contributed by atoms with Crippen LogP contribution in [0.25, 0.3) is 16.7 Å². The van der Waals surface area contributed by atoms with Crippen LogP contribution in [0.15, 0.2) is 39.9 Å². The Morgan fingerprint density at radius 2 is 1.71 bits per heavy atom. The third-order valence-electron chi connectivity index (χ3n) is 6.20. The van der Waals surface area contributed by atoms with Crippen molar-refractivity contribution in [3.05, 3.63) is 62.4 Å². The number of esters is 1. The monoisotopic (exact) mass is 480 g/mol. The van der Waals surface area contributed by atoms with Crippen molar-refractivity contribution in [3.8, 4) is 11.4 Å². The van der Waals surface area contributed by atoms with E-state index >= 15 is 0 Å². The molecule has 1 aromatic carbocycles. The number of pyridine rings is 1. The number of methoxy groups -OCH3 is 2. The number of aromatic nitrogens is 3. The summed E-state index contributed by atoms with van der Waals surface area (Å²) in [5.41, 5.74) is -0.812. The molecule has 0 N–H and O–H groups in total. The Morgan fingerprint density at radius 3 is 2.37 bits per heavy atom. The van der Waals surface area contributed by atoms with Gasteiger partial charge in [0.25, 0.3) is 5.56 Å². The van der Waals surface area contributed by atoms with Gasteiger partial charge in [0.05, 0.1) is 30.9 Å². The van der Waals surface area contributed by atoms with Gasteiger partial charge in [0.2, 0.25) is 5.91 Å². The van der Waals surface area contributed by atoms with Crippen molar-refractivity contribution in [2.24, 2.45) is 0 Å². The highest BCUT2D eigenvalue weighted by atomic mass is 16.5. The summed E-state index contributed by atoms with van der Waals surface area (Å²) in [5, 5.41) is -0.100. The van der Waals surface area contributed by atoms with E-state index in [0.29, 0.717) is 30.2 Å². The molecule has 0 saturated carbocycles. The third kappa shape index (κ3) is 4.55. The average Bonchev–Trinajstić information content (AvgIpc) is 3.15. The molecule has 0 aliphatic carbocycles. The van der Waals surface area contributed by atoms with Gasteiger partial charge in [-0.15, -0.1) is 0 Å². The summed E-state index contributed by atoms with van der Waals surface area (Å²) in [6.45, 7) is 2.36. The largest absolute Gasteiger partial charge is 0.495 e. The lowest BCUT2D eigenvalue weighted by Crippen LogP contribution is -2.45. The van der Waals surface area contributed by atoms with E-state index in [2.05, 4.69) is 4.98 Å². The first-order valence-corrected chi connectivity index (χ1v) is 11.5. The Kier molecular flexibility index (Phi) is 6.99. The quantitative estimate of drug-likeness (QED) is 0.514. The molecule has 1 fully saturated rings. The fourth-order valence-electron chi connectivity index (χ4n) is 4.46. The number of hydrogen-bond donors (Lipinski definition) is 0. The molecule has 1 aliphatic rings. The molecule has 3 aromatic rings. The van der Waals surface area contributed by atoms with Crippen molar-refractivity contribution in [3.63, 3.8) is 0 Å². The first-order valence-electron chi connectivity index (χ1n) is 11.5. The fourth-order valence-corrected chi connectivity index (χ4v) is 4.46. The molecule has 0 bridgehead atoms. The van der Waals surface area contributed by atoms with Gasteiger partial charge in [-0.1, -0.05) is 25.0 Å². The Bertz CT molecular complexity index is 1400. The van der Waals surface area contributed by atoms with Crippen molar-refractivity contribution < 1.29 is 19.1 Å². The lowest BCUT2D eigenvalue weighted by molar-refractivity contribution is -0.131. The van der Waals surface area contributed by atoms with Crippen LogP contribution in [0.5, 0.6) is 5.75 Å². The van der Waals surface area contributed by atoms with E-state index in [-0.39, 0.29) is 22.5 Å². The molecule has 1 saturated heterocycles. The summed E-state index contributed by atoms with van der Waals surface area (Å²) in [5.74, 6) is -0.701. The number of ether oxygens (including phenoxy) is 2. The topological polar surface area (TPSA) is 113 Å². The average molecular weight is 481 g/mol. The molecule has 0 radical (unpaired) electrons. The van der Waals surface area contributed by atoms with Gasteiger partial charge in [0.1, 0.15) is 12.3 Å². The van der Waals surface area contributed by atoms with Gasteiger partial charge in [-0.05, 0) is 38.0 Å². The normalized spacial score (nSPS) is 14.0. The smallest absolute Gasteiger partial charge is 0.338 e. The highest BCUT2D eigenvalue weighted by Crippen LogP contribution is 2.24. The van der Waals surface area contributed by atoms with Crippen molar-refractivity contribution in [2.45, 2.75) is 39.2 Å². The van der Waals surface area contributed by atoms with Crippen LogP contribution in [0, 0.1) is 6.92 Å². The number of rotatable bonds is 5. The number of hydrogen-bond acceptors (Lipinski definition) is 7. The van der Waals surface area contributed by atoms with E-state index in [1.807, 2.05) is 0 Å². The summed E-state index contributed by atoms with van der Waals surface area (Å²) in [6.07, 6.45) is 3.82. The second kappa shape index (κ2) is 10.1. The molecular weight excluding hydrogens is 452 g/mol. The number of benzene rings is 1. The Hall–Kier alpha value is -3.95. The van der Waals surface area contributed by atoms with Crippen LogP contribution in [-0.4, -0.2) is 58.2 Å². The molecule has 0 atom stereocenters. The third-order valence-corrected chi connectivity index (χ3v) is 6.20. The maximum atomic E-state index is 13.8. The second-order valence-corrected chi connectivity index (χ2v) is 8.48. The SMILES string of the molecule is COC(=O)c1cc(C)nc2c1c(=O)n(CC(=O)N1CCCCCC1)c(=O)n2-c1ccccc1OC. The first-order chi connectivity index (χ1) is 16.9. The van der Waals surface area contributed by atoms with Gasteiger partial charge in [-0.25, -0.2) is 23.7 Å². The van der Waals surface area contributed by atoms with Crippen LogP contribution in [0.2, 0.25) is 0 Å². The maximum Gasteiger partial charge on any atom is 0.338 e. The number of aryl methyl sites for hydroxylation is 1. The van der Waals surface area contributed by atoms with Crippen LogP contribution in [0.1, 0.15) is 41.7 Å². The van der Waals surface area contributed by atoms with Crippen LogP contribution >= 0.6 is 0 Å². The van der Waals surface area contributed by atoms with Gasteiger partial charge >= 0.3 is 11.7 Å². The van der Waals surface area contributed by atoms with Gasteiger partial charge in [-0.2, -0.15) is 0 Å². The predicted octanol–water partition coefficient (Wildman–Crippen LogP) is 2.05. The molecule has 0 spiro atoms. The Labute approximate surface area is 201 Å². The number of likely N-dealkylation sites (tertiary alicyclic amines) is 1. The lowest BCUT2D eigenvalue weighted by atomic mass is 10.1. The number of carbonyl (C=O) groups is 2. The van der Waals surface area contributed by atoms with Gasteiger partial charge in [0, 0.05) is 18.8 Å². The minimum absolute atomic E-state index is 0.0108. The van der Waals surface area contributed by atoms with E-state index < -0.39 is 23.8 Å². The second-order valence-electron chi connectivity index (χ2n) is 8.48. The number of fused-ring (bicyclic) bond motifs is 1. The maximum absolute atomic E-state index is 13.8. The zero-order valence-corrected chi connectivity index (χ0v) is 20.1. The first kappa shape index (κ1) is 24.2. The number of para-hydroxylation sites is 2. The molecule has 3 heterocycles. The number of nitrogens with zero attached hydrogens (tertiary/aromatic N) is 4. The molecular formula is C25H28N4O6. The van der Waals surface area contributed by atoms with E-state index in [4.69, 9.17) is 9.47 Å². The molecule has 1 aliphatic heterocycles. The van der Waals surface area contributed by atoms with Crippen LogP contribution < -0.4 is 16.0 Å². The molecule has 184 valence electrons. The standard InChI is InChI=1S/C25H28N4O6/c1-16-14-17(24(32)35-3)21-22(26-16)29(18-10-6-7-11-19(18)34-2)25(33)28(23(21)31)15-20(30)27-12-8-4-5-9-13-27/h6-7,10-11,14H,4-5,8-9,12-13,15H2,1-3H3. The van der Waals surface area contributed by atoms with E-state index in [9.17, 15) is 19.2 Å². The van der Waals surface area contributed by atoms with Crippen LogP contribution in [0.4, 0.5) is 0 Å². The molecule has 10 nitrogen and oxygen atoms in total. The summed E-state index contributed by atoms with van der Waals surface area (Å²) < 4.78 is 12.4. The lowest BCUT2D eigenvalue weighted by Gasteiger charge is -2.21. The van der Waals surface area contributed by atoms with Crippen LogP contribution in [-0.2, 0) is 16.1 Å². The fraction of sp³-hybridized carbons (Fsp3) is 0.400. The minimum Gasteiger partial charge on any atom is -0.495 e. The zero-order chi connectivity index (χ0) is 25.1. The summed E-state index contributed by atoms with van der Waals surface area (Å²) in [7, 11) is 2.67. The summed E-state index contributed by atoms with van der Waals surface area (Å²) in [6, 6.07) is 8.21. The summed E-state index contributed by atoms with van der Waals surface area (Å²) in [4.78, 5) is 59.3. The van der Waals surface area contributed by atoms with Gasteiger partial charge < -0.3 is 14.4 Å².